The van der Waals surface area contributed by atoms with Crippen molar-refractivity contribution in [2.45, 2.75) is 0 Å². The average molecular weight is 263 g/mol. The van der Waals surface area contributed by atoms with E-state index in [-0.39, 0.29) is 28.0 Å². The average Bonchev–Trinajstić information content (AvgIpc) is 2.60. The molecule has 0 aliphatic carbocycles. The summed E-state index contributed by atoms with van der Waals surface area (Å²) in [5.74, 6) is -0.138. The standard InChI is InChI=1S/C10H2NO6P/c11-3-4-7-5-1-2-6-9(7)17-18(13,15-6)16-8(4)10(12)14-5/h1-2H. The molecule has 1 aromatic carbocycles. The third-order valence-electron chi connectivity index (χ3n) is 2.68. The molecule has 2 aromatic rings. The van der Waals surface area contributed by atoms with Crippen molar-refractivity contribution in [1.82, 2.24) is 0 Å². The summed E-state index contributed by atoms with van der Waals surface area (Å²) in [6.45, 7) is 0. The van der Waals surface area contributed by atoms with Crippen LogP contribution in [0.3, 0.4) is 0 Å². The van der Waals surface area contributed by atoms with E-state index in [2.05, 4.69) is 0 Å². The predicted octanol–water partition coefficient (Wildman–Crippen LogP) is 1.94. The quantitative estimate of drug-likeness (QED) is 0.528. The van der Waals surface area contributed by atoms with E-state index in [0.29, 0.717) is 0 Å². The van der Waals surface area contributed by atoms with Crippen LogP contribution in [0.2, 0.25) is 0 Å². The normalized spacial score (nSPS) is 22.2. The van der Waals surface area contributed by atoms with Crippen LogP contribution in [0.15, 0.2) is 21.3 Å². The van der Waals surface area contributed by atoms with E-state index >= 15 is 0 Å². The number of nitriles is 1. The highest BCUT2D eigenvalue weighted by atomic mass is 31.2. The number of nitrogens with zero attached hydrogens (tertiary/aromatic N) is 1. The van der Waals surface area contributed by atoms with E-state index in [1.54, 1.807) is 0 Å². The van der Waals surface area contributed by atoms with Crippen LogP contribution in [-0.2, 0) is 4.57 Å². The molecule has 3 heterocycles. The van der Waals surface area contributed by atoms with E-state index in [9.17, 15) is 9.36 Å². The van der Waals surface area contributed by atoms with Crippen LogP contribution < -0.4 is 19.2 Å². The van der Waals surface area contributed by atoms with Gasteiger partial charge in [-0.05, 0) is 12.1 Å². The largest absolute Gasteiger partial charge is 0.647 e. The fourth-order valence-electron chi connectivity index (χ4n) is 1.98. The zero-order chi connectivity index (χ0) is 12.5. The van der Waals surface area contributed by atoms with Gasteiger partial charge < -0.3 is 18.0 Å². The van der Waals surface area contributed by atoms with Crippen molar-refractivity contribution in [2.24, 2.45) is 0 Å². The second-order valence-corrected chi connectivity index (χ2v) is 5.13. The molecule has 8 heteroatoms. The van der Waals surface area contributed by atoms with Crippen LogP contribution >= 0.6 is 7.82 Å². The van der Waals surface area contributed by atoms with Crippen LogP contribution in [0.5, 0.6) is 17.2 Å². The SMILES string of the molecule is N#Cc1c2c(=O)oc3ccc4c(c13)OP(=O)(O4)O2. The molecule has 0 N–H and O–H groups in total. The van der Waals surface area contributed by atoms with Gasteiger partial charge in [-0.3, -0.25) is 0 Å². The highest BCUT2D eigenvalue weighted by Crippen LogP contribution is 2.63. The van der Waals surface area contributed by atoms with Crippen molar-refractivity contribution < 1.29 is 22.6 Å². The monoisotopic (exact) mass is 263 g/mol. The predicted molar refractivity (Wildman–Crippen MR) is 56.7 cm³/mol. The lowest BCUT2D eigenvalue weighted by Gasteiger charge is -2.10. The van der Waals surface area contributed by atoms with Gasteiger partial charge in [0.2, 0.25) is 5.75 Å². The van der Waals surface area contributed by atoms with Gasteiger partial charge in [0, 0.05) is 0 Å². The minimum Gasteiger partial charge on any atom is -0.420 e. The number of rotatable bonds is 0. The van der Waals surface area contributed by atoms with Gasteiger partial charge in [0.05, 0.1) is 5.39 Å². The smallest absolute Gasteiger partial charge is 0.420 e. The Bertz CT molecular complexity index is 877. The molecule has 0 spiro atoms. The number of phosphoric acid groups is 1. The summed E-state index contributed by atoms with van der Waals surface area (Å²) in [5, 5.41) is 9.35. The van der Waals surface area contributed by atoms with Crippen LogP contribution in [0.1, 0.15) is 5.56 Å². The molecular weight excluding hydrogens is 261 g/mol. The lowest BCUT2D eigenvalue weighted by atomic mass is 10.1. The highest BCUT2D eigenvalue weighted by Gasteiger charge is 2.47. The Hall–Kier alpha value is -2.45. The minimum absolute atomic E-state index is 0.0564. The maximum absolute atomic E-state index is 12.1. The van der Waals surface area contributed by atoms with E-state index in [1.807, 2.05) is 6.07 Å². The molecule has 0 radical (unpaired) electrons. The van der Waals surface area contributed by atoms with Gasteiger partial charge >= 0.3 is 13.4 Å². The zero-order valence-corrected chi connectivity index (χ0v) is 9.39. The number of fused-ring (bicyclic) bond motifs is 2. The first-order valence-electron chi connectivity index (χ1n) is 4.84. The topological polar surface area (TPSA) is 98.8 Å². The molecule has 2 aliphatic heterocycles. The van der Waals surface area contributed by atoms with E-state index in [4.69, 9.17) is 23.3 Å². The number of phosphoric ester groups is 1. The molecule has 18 heavy (non-hydrogen) atoms. The van der Waals surface area contributed by atoms with Gasteiger partial charge in [-0.2, -0.15) is 9.83 Å². The van der Waals surface area contributed by atoms with Crippen LogP contribution in [0.25, 0.3) is 11.0 Å². The summed E-state index contributed by atoms with van der Waals surface area (Å²) in [6, 6.07) is 4.72. The lowest BCUT2D eigenvalue weighted by Crippen LogP contribution is -2.10. The van der Waals surface area contributed by atoms with Crippen LogP contribution in [0.4, 0.5) is 0 Å². The van der Waals surface area contributed by atoms with Gasteiger partial charge in [-0.15, -0.1) is 0 Å². The second-order valence-electron chi connectivity index (χ2n) is 3.69. The fraction of sp³-hybridized carbons (Fsp3) is 0. The van der Waals surface area contributed by atoms with E-state index in [1.165, 1.54) is 12.1 Å². The molecule has 0 saturated carbocycles. The van der Waals surface area contributed by atoms with Gasteiger partial charge in [-0.1, -0.05) is 0 Å². The molecule has 88 valence electrons. The molecule has 0 amide bonds. The van der Waals surface area contributed by atoms with E-state index < -0.39 is 19.2 Å². The van der Waals surface area contributed by atoms with Crippen molar-refractivity contribution >= 4 is 18.8 Å². The summed E-state index contributed by atoms with van der Waals surface area (Å²) >= 11 is 0. The molecule has 1 atom stereocenters. The second kappa shape index (κ2) is 2.68. The van der Waals surface area contributed by atoms with E-state index in [0.717, 1.165) is 0 Å². The lowest BCUT2D eigenvalue weighted by molar-refractivity contribution is 0.327. The summed E-state index contributed by atoms with van der Waals surface area (Å²) in [4.78, 5) is 11.7. The van der Waals surface area contributed by atoms with Gasteiger partial charge in [0.25, 0.3) is 0 Å². The van der Waals surface area contributed by atoms with Crippen molar-refractivity contribution in [3.63, 3.8) is 0 Å². The molecule has 2 aliphatic rings. The minimum atomic E-state index is -3.94. The molecule has 7 nitrogen and oxygen atoms in total. The third kappa shape index (κ3) is 0.944. The van der Waals surface area contributed by atoms with Crippen LogP contribution in [0, 0.1) is 11.3 Å². The molecule has 4 rings (SSSR count). The summed E-state index contributed by atoms with van der Waals surface area (Å²) in [5.41, 5.74) is -0.797. The third-order valence-corrected chi connectivity index (χ3v) is 3.91. The first-order chi connectivity index (χ1) is 8.61. The Balaban J connectivity index is 2.37. The molecule has 4 bridgehead atoms. The summed E-state index contributed by atoms with van der Waals surface area (Å²) < 4.78 is 32.1. The summed E-state index contributed by atoms with van der Waals surface area (Å²) in [7, 11) is -3.94. The Morgan fingerprint density at radius 1 is 1.17 bits per heavy atom. The zero-order valence-electron chi connectivity index (χ0n) is 8.50. The molecular formula is C10H2NO6P. The molecule has 0 fully saturated rings. The Labute approximate surface area is 98.7 Å². The number of hydrogen-bond acceptors (Lipinski definition) is 7. The number of benzene rings is 1. The van der Waals surface area contributed by atoms with Crippen molar-refractivity contribution in [2.75, 3.05) is 0 Å². The first-order valence-corrected chi connectivity index (χ1v) is 6.30. The van der Waals surface area contributed by atoms with Crippen LogP contribution in [-0.4, -0.2) is 0 Å². The van der Waals surface area contributed by atoms with Gasteiger partial charge in [-0.25, -0.2) is 4.79 Å². The Kier molecular flexibility index (Phi) is 1.43. The fourth-order valence-corrected chi connectivity index (χ4v) is 3.27. The Morgan fingerprint density at radius 3 is 2.72 bits per heavy atom. The number of hydrogen-bond donors (Lipinski definition) is 0. The van der Waals surface area contributed by atoms with Gasteiger partial charge in [0.15, 0.2) is 11.5 Å². The van der Waals surface area contributed by atoms with Crippen molar-refractivity contribution in [1.29, 1.82) is 5.26 Å². The highest BCUT2D eigenvalue weighted by molar-refractivity contribution is 7.50. The molecule has 1 unspecified atom stereocenters. The van der Waals surface area contributed by atoms with Crippen molar-refractivity contribution in [3.8, 4) is 23.3 Å². The van der Waals surface area contributed by atoms with Gasteiger partial charge in [0.1, 0.15) is 17.2 Å². The Morgan fingerprint density at radius 2 is 1.94 bits per heavy atom. The molecule has 1 aromatic heterocycles. The maximum atomic E-state index is 12.1. The first kappa shape index (κ1) is 9.57. The maximum Gasteiger partial charge on any atom is 0.647 e. The molecule has 0 saturated heterocycles. The summed E-state index contributed by atoms with van der Waals surface area (Å²) in [6.07, 6.45) is 0. The van der Waals surface area contributed by atoms with Crippen molar-refractivity contribution in [3.05, 3.63) is 28.1 Å².